The van der Waals surface area contributed by atoms with Gasteiger partial charge in [0.1, 0.15) is 11.5 Å². The highest BCUT2D eigenvalue weighted by atomic mass is 32.1. The summed E-state index contributed by atoms with van der Waals surface area (Å²) < 4.78 is 2.11. The smallest absolute Gasteiger partial charge is 0.289 e. The largest absolute Gasteiger partial charge is 0.508 e. The van der Waals surface area contributed by atoms with Crippen molar-refractivity contribution in [1.82, 2.24) is 4.07 Å². The van der Waals surface area contributed by atoms with Crippen LogP contribution in [0.3, 0.4) is 0 Å². The molecule has 0 radical (unpaired) electrons. The van der Waals surface area contributed by atoms with Crippen LogP contribution in [-0.4, -0.2) is 20.5 Å². The maximum atomic E-state index is 12.0. The molecule has 2 aromatic carbocycles. The summed E-state index contributed by atoms with van der Waals surface area (Å²) in [7, 11) is 0. The number of aromatic hydroxyl groups is 2. The molecule has 0 spiro atoms. The molecule has 2 N–H and O–H groups in total. The van der Waals surface area contributed by atoms with Gasteiger partial charge in [0.2, 0.25) is 0 Å². The Bertz CT molecular complexity index is 864. The van der Waals surface area contributed by atoms with Crippen molar-refractivity contribution >= 4 is 27.8 Å². The fraction of sp³-hybridized carbons (Fsp3) is 0. The first kappa shape index (κ1) is 12.4. The highest BCUT2D eigenvalue weighted by Crippen LogP contribution is 2.21. The summed E-state index contributed by atoms with van der Waals surface area (Å²) in [5.74, 6) is -0.124. The van der Waals surface area contributed by atoms with Gasteiger partial charge in [0.25, 0.3) is 5.56 Å². The molecule has 100 valence electrons. The number of aromatic nitrogens is 1. The summed E-state index contributed by atoms with van der Waals surface area (Å²) in [5, 5.41) is 23.5. The topological polar surface area (TPSA) is 74.8 Å². The minimum absolute atomic E-state index is 0.0290. The van der Waals surface area contributed by atoms with E-state index in [0.29, 0.717) is 10.9 Å². The lowest BCUT2D eigenvalue weighted by Gasteiger charge is -1.98. The first-order valence-electron chi connectivity index (χ1n) is 5.82. The maximum absolute atomic E-state index is 12.0. The van der Waals surface area contributed by atoms with Crippen LogP contribution >= 0.6 is 11.5 Å². The number of hydrogen-bond acceptors (Lipinski definition) is 5. The van der Waals surface area contributed by atoms with E-state index in [0.717, 1.165) is 4.70 Å². The van der Waals surface area contributed by atoms with Crippen molar-refractivity contribution in [3.05, 3.63) is 58.4 Å². The van der Waals surface area contributed by atoms with E-state index in [9.17, 15) is 15.0 Å². The Morgan fingerprint density at radius 2 is 1.95 bits per heavy atom. The highest BCUT2D eigenvalue weighted by molar-refractivity contribution is 7.13. The Morgan fingerprint density at radius 1 is 1.15 bits per heavy atom. The number of nitrogens with zero attached hydrogens (tertiary/aromatic N) is 2. The van der Waals surface area contributed by atoms with E-state index >= 15 is 0 Å². The molecule has 0 unspecified atom stereocenters. The third-order valence-corrected chi connectivity index (χ3v) is 3.78. The van der Waals surface area contributed by atoms with Crippen LogP contribution in [0.15, 0.2) is 52.4 Å². The molecule has 0 aliphatic carbocycles. The normalized spacial score (nSPS) is 11.4. The molecule has 20 heavy (non-hydrogen) atoms. The minimum atomic E-state index is -0.194. The number of phenolic OH excluding ortho intramolecular Hbond substituents is 2. The molecule has 0 aliphatic heterocycles. The molecule has 1 aromatic heterocycles. The van der Waals surface area contributed by atoms with Crippen LogP contribution in [0.2, 0.25) is 0 Å². The van der Waals surface area contributed by atoms with E-state index in [1.54, 1.807) is 12.1 Å². The van der Waals surface area contributed by atoms with Gasteiger partial charge in [-0.15, -0.1) is 4.07 Å². The fourth-order valence-corrected chi connectivity index (χ4v) is 2.65. The summed E-state index contributed by atoms with van der Waals surface area (Å²) in [6, 6.07) is 11.4. The number of rotatable bonds is 2. The first-order valence-corrected chi connectivity index (χ1v) is 6.60. The zero-order valence-electron chi connectivity index (χ0n) is 10.2. The van der Waals surface area contributed by atoms with Crippen LogP contribution < -0.4 is 5.56 Å². The summed E-state index contributed by atoms with van der Waals surface area (Å²) in [5.41, 5.74) is 0.229. The average molecular weight is 286 g/mol. The second-order valence-electron chi connectivity index (χ2n) is 4.15. The van der Waals surface area contributed by atoms with Gasteiger partial charge in [-0.2, -0.15) is 5.10 Å². The Labute approximate surface area is 117 Å². The van der Waals surface area contributed by atoms with Gasteiger partial charge in [0.05, 0.1) is 16.3 Å². The van der Waals surface area contributed by atoms with Crippen LogP contribution in [-0.2, 0) is 0 Å². The van der Waals surface area contributed by atoms with Gasteiger partial charge >= 0.3 is 0 Å². The lowest BCUT2D eigenvalue weighted by atomic mass is 10.2. The molecule has 0 fully saturated rings. The predicted molar refractivity (Wildman–Crippen MR) is 78.8 cm³/mol. The van der Waals surface area contributed by atoms with Gasteiger partial charge < -0.3 is 10.2 Å². The van der Waals surface area contributed by atoms with Crippen LogP contribution in [0.25, 0.3) is 10.1 Å². The molecule has 0 saturated heterocycles. The molecular weight excluding hydrogens is 276 g/mol. The molecule has 5 nitrogen and oxygen atoms in total. The van der Waals surface area contributed by atoms with E-state index in [1.807, 2.05) is 12.1 Å². The number of hydrogen-bond donors (Lipinski definition) is 2. The zero-order valence-corrected chi connectivity index (χ0v) is 11.0. The van der Waals surface area contributed by atoms with Crippen molar-refractivity contribution in [3.63, 3.8) is 0 Å². The molecule has 0 atom stereocenters. The third-order valence-electron chi connectivity index (χ3n) is 2.79. The first-order chi connectivity index (χ1) is 9.65. The second kappa shape index (κ2) is 4.82. The van der Waals surface area contributed by atoms with Gasteiger partial charge in [0.15, 0.2) is 0 Å². The lowest BCUT2D eigenvalue weighted by molar-refractivity contribution is 0.450. The summed E-state index contributed by atoms with van der Waals surface area (Å²) in [6.45, 7) is 0. The molecule has 0 bridgehead atoms. The molecular formula is C14H10N2O3S. The Morgan fingerprint density at radius 3 is 2.70 bits per heavy atom. The lowest BCUT2D eigenvalue weighted by Crippen LogP contribution is -2.08. The second-order valence-corrected chi connectivity index (χ2v) is 5.12. The summed E-state index contributed by atoms with van der Waals surface area (Å²) >= 11 is 1.23. The summed E-state index contributed by atoms with van der Waals surface area (Å²) in [6.07, 6.45) is 1.38. The number of benzene rings is 2. The predicted octanol–water partition coefficient (Wildman–Crippen LogP) is 2.36. The van der Waals surface area contributed by atoms with Crippen LogP contribution in [0.1, 0.15) is 5.56 Å². The molecule has 3 aromatic rings. The van der Waals surface area contributed by atoms with Gasteiger partial charge in [-0.25, -0.2) is 0 Å². The molecule has 0 saturated carbocycles. The van der Waals surface area contributed by atoms with Crippen molar-refractivity contribution in [2.75, 3.05) is 0 Å². The minimum Gasteiger partial charge on any atom is -0.508 e. The molecule has 0 aliphatic rings. The molecule has 1 heterocycles. The monoisotopic (exact) mass is 286 g/mol. The maximum Gasteiger partial charge on any atom is 0.289 e. The van der Waals surface area contributed by atoms with E-state index in [4.69, 9.17) is 0 Å². The molecule has 6 heteroatoms. The van der Waals surface area contributed by atoms with E-state index < -0.39 is 0 Å². The van der Waals surface area contributed by atoms with Crippen molar-refractivity contribution < 1.29 is 10.2 Å². The van der Waals surface area contributed by atoms with Crippen molar-refractivity contribution in [2.24, 2.45) is 5.10 Å². The van der Waals surface area contributed by atoms with E-state index in [-0.39, 0.29) is 17.1 Å². The Kier molecular flexibility index (Phi) is 3.00. The van der Waals surface area contributed by atoms with Gasteiger partial charge in [-0.1, -0.05) is 12.1 Å². The van der Waals surface area contributed by atoms with Gasteiger partial charge in [0, 0.05) is 11.6 Å². The van der Waals surface area contributed by atoms with Crippen LogP contribution in [0, 0.1) is 0 Å². The zero-order chi connectivity index (χ0) is 14.1. The Balaban J connectivity index is 2.02. The SMILES string of the molecule is O=c1c2ccccc2sn1/N=C/c1ccc(O)cc1O. The van der Waals surface area contributed by atoms with E-state index in [2.05, 4.69) is 5.10 Å². The van der Waals surface area contributed by atoms with Gasteiger partial charge in [-0.3, -0.25) is 4.79 Å². The van der Waals surface area contributed by atoms with Crippen LogP contribution in [0.5, 0.6) is 11.5 Å². The van der Waals surface area contributed by atoms with Crippen LogP contribution in [0.4, 0.5) is 0 Å². The fourth-order valence-electron chi connectivity index (χ4n) is 1.79. The van der Waals surface area contributed by atoms with Crippen molar-refractivity contribution in [3.8, 4) is 11.5 Å². The van der Waals surface area contributed by atoms with Crippen molar-refractivity contribution in [1.29, 1.82) is 0 Å². The van der Waals surface area contributed by atoms with E-state index in [1.165, 1.54) is 40.0 Å². The third kappa shape index (κ3) is 2.17. The number of fused-ring (bicyclic) bond motifs is 1. The average Bonchev–Trinajstić information content (AvgIpc) is 2.75. The van der Waals surface area contributed by atoms with Gasteiger partial charge in [-0.05, 0) is 35.8 Å². The number of phenols is 2. The standard InChI is InChI=1S/C14H10N2O3S/c17-10-6-5-9(12(18)7-10)8-15-16-14(19)11-3-1-2-4-13(11)20-16/h1-8,17-18H/b15-8+. The highest BCUT2D eigenvalue weighted by Gasteiger charge is 2.05. The molecule has 0 amide bonds. The summed E-state index contributed by atoms with van der Waals surface area (Å²) in [4.78, 5) is 12.0. The van der Waals surface area contributed by atoms with Crippen molar-refractivity contribution in [2.45, 2.75) is 0 Å². The molecule has 3 rings (SSSR count). The quantitative estimate of drug-likeness (QED) is 0.710. The Hall–Kier alpha value is -2.60.